The average Bonchev–Trinajstić information content (AvgIpc) is 2.41. The van der Waals surface area contributed by atoms with Crippen molar-refractivity contribution in [1.29, 1.82) is 0 Å². The summed E-state index contributed by atoms with van der Waals surface area (Å²) in [5.41, 5.74) is 13.2. The molecular weight excluding hydrogens is 312 g/mol. The molecule has 0 unspecified atom stereocenters. The van der Waals surface area contributed by atoms with Crippen LogP contribution in [0.25, 0.3) is 0 Å². The first-order valence-corrected chi connectivity index (χ1v) is 8.12. The van der Waals surface area contributed by atoms with Gasteiger partial charge in [-0.05, 0) is 61.1 Å². The molecule has 4 nitrogen and oxygen atoms in total. The van der Waals surface area contributed by atoms with Gasteiger partial charge in [0.05, 0.1) is 0 Å². The number of primary amides is 1. The zero-order valence-electron chi connectivity index (χ0n) is 13.3. The quantitative estimate of drug-likeness (QED) is 0.837. The largest absolute Gasteiger partial charge is 0.366 e. The zero-order valence-corrected chi connectivity index (χ0v) is 14.1. The van der Waals surface area contributed by atoms with E-state index in [1.807, 2.05) is 12.1 Å². The Morgan fingerprint density at radius 1 is 1.09 bits per heavy atom. The van der Waals surface area contributed by atoms with E-state index >= 15 is 0 Å². The van der Waals surface area contributed by atoms with E-state index in [1.165, 1.54) is 12.8 Å². The number of halogens is 1. The van der Waals surface area contributed by atoms with Crippen molar-refractivity contribution >= 4 is 24.1 Å². The molecule has 2 saturated carbocycles. The van der Waals surface area contributed by atoms with Crippen molar-refractivity contribution < 1.29 is 9.59 Å². The summed E-state index contributed by atoms with van der Waals surface area (Å²) in [6, 6.07) is 7.60. The van der Waals surface area contributed by atoms with Crippen LogP contribution in [0.4, 0.5) is 0 Å². The van der Waals surface area contributed by atoms with Crippen LogP contribution in [0.1, 0.15) is 54.4 Å². The second-order valence-corrected chi connectivity index (χ2v) is 7.25. The van der Waals surface area contributed by atoms with Gasteiger partial charge in [0.15, 0.2) is 0 Å². The standard InChI is InChI=1S/C18H24N2O2.ClH/c19-15-10-18(11-15)8-13(9-18)7-16(21)6-3-12-1-4-14(5-2-12)17(20)22;/h1-2,4-5,13,15H,3,6-11,19H2,(H2,20,22);1H. The van der Waals surface area contributed by atoms with Crippen LogP contribution in [0, 0.1) is 11.3 Å². The number of nitrogens with two attached hydrogens (primary N) is 2. The van der Waals surface area contributed by atoms with Gasteiger partial charge in [0.1, 0.15) is 5.78 Å². The molecule has 1 aromatic rings. The molecule has 0 saturated heterocycles. The van der Waals surface area contributed by atoms with E-state index < -0.39 is 5.91 Å². The molecule has 0 atom stereocenters. The fraction of sp³-hybridized carbons (Fsp3) is 0.556. The number of hydrogen-bond acceptors (Lipinski definition) is 3. The molecule has 2 fully saturated rings. The number of hydrogen-bond donors (Lipinski definition) is 2. The summed E-state index contributed by atoms with van der Waals surface area (Å²) in [4.78, 5) is 23.1. The summed E-state index contributed by atoms with van der Waals surface area (Å²) < 4.78 is 0. The van der Waals surface area contributed by atoms with Crippen molar-refractivity contribution in [3.8, 4) is 0 Å². The molecule has 0 radical (unpaired) electrons. The third kappa shape index (κ3) is 4.12. The first-order valence-electron chi connectivity index (χ1n) is 8.12. The van der Waals surface area contributed by atoms with Crippen LogP contribution in [0.5, 0.6) is 0 Å². The molecule has 126 valence electrons. The summed E-state index contributed by atoms with van der Waals surface area (Å²) in [6.45, 7) is 0. The van der Waals surface area contributed by atoms with E-state index in [-0.39, 0.29) is 12.4 Å². The molecule has 3 rings (SSSR count). The molecule has 2 aliphatic rings. The highest BCUT2D eigenvalue weighted by molar-refractivity contribution is 5.92. The van der Waals surface area contributed by atoms with Crippen molar-refractivity contribution in [1.82, 2.24) is 0 Å². The van der Waals surface area contributed by atoms with E-state index in [1.54, 1.807) is 12.1 Å². The minimum absolute atomic E-state index is 0. The summed E-state index contributed by atoms with van der Waals surface area (Å²) in [6.07, 6.45) is 6.74. The van der Waals surface area contributed by atoms with Crippen LogP contribution in [0.2, 0.25) is 0 Å². The number of benzene rings is 1. The van der Waals surface area contributed by atoms with Crippen molar-refractivity contribution in [3.05, 3.63) is 35.4 Å². The first kappa shape index (κ1) is 18.0. The molecule has 2 aliphatic carbocycles. The predicted octanol–water partition coefficient (Wildman–Crippen LogP) is 2.62. The lowest BCUT2D eigenvalue weighted by Gasteiger charge is -2.57. The third-order valence-corrected chi connectivity index (χ3v) is 5.28. The van der Waals surface area contributed by atoms with Gasteiger partial charge in [-0.15, -0.1) is 12.4 Å². The first-order chi connectivity index (χ1) is 10.5. The van der Waals surface area contributed by atoms with Gasteiger partial charge < -0.3 is 11.5 Å². The number of amides is 1. The van der Waals surface area contributed by atoms with E-state index in [0.717, 1.165) is 31.2 Å². The Labute approximate surface area is 143 Å². The maximum absolute atomic E-state index is 12.1. The number of rotatable bonds is 6. The maximum Gasteiger partial charge on any atom is 0.248 e. The Morgan fingerprint density at radius 2 is 1.70 bits per heavy atom. The van der Waals surface area contributed by atoms with Gasteiger partial charge in [0, 0.05) is 24.4 Å². The predicted molar refractivity (Wildman–Crippen MR) is 92.5 cm³/mol. The van der Waals surface area contributed by atoms with Crippen LogP contribution in [0.15, 0.2) is 24.3 Å². The molecule has 0 aliphatic heterocycles. The maximum atomic E-state index is 12.1. The van der Waals surface area contributed by atoms with Crippen LogP contribution in [-0.2, 0) is 11.2 Å². The van der Waals surface area contributed by atoms with E-state index in [9.17, 15) is 9.59 Å². The van der Waals surface area contributed by atoms with Gasteiger partial charge >= 0.3 is 0 Å². The van der Waals surface area contributed by atoms with Gasteiger partial charge in [-0.2, -0.15) is 0 Å². The molecule has 0 bridgehead atoms. The van der Waals surface area contributed by atoms with E-state index in [2.05, 4.69) is 0 Å². The fourth-order valence-electron chi connectivity index (χ4n) is 4.24. The zero-order chi connectivity index (χ0) is 15.7. The Balaban J connectivity index is 0.00000192. The SMILES string of the molecule is Cl.NC(=O)c1ccc(CCC(=O)CC2CC3(CC(N)C3)C2)cc1. The summed E-state index contributed by atoms with van der Waals surface area (Å²) >= 11 is 0. The van der Waals surface area contributed by atoms with Crippen molar-refractivity contribution in [3.63, 3.8) is 0 Å². The Hall–Kier alpha value is -1.39. The van der Waals surface area contributed by atoms with Crippen LogP contribution < -0.4 is 11.5 Å². The number of carbonyl (C=O) groups is 2. The fourth-order valence-corrected chi connectivity index (χ4v) is 4.24. The molecule has 1 aromatic carbocycles. The minimum Gasteiger partial charge on any atom is -0.366 e. The average molecular weight is 337 g/mol. The van der Waals surface area contributed by atoms with Crippen molar-refractivity contribution in [2.75, 3.05) is 0 Å². The molecule has 4 N–H and O–H groups in total. The monoisotopic (exact) mass is 336 g/mol. The number of carbonyl (C=O) groups excluding carboxylic acids is 2. The van der Waals surface area contributed by atoms with Gasteiger partial charge in [-0.1, -0.05) is 12.1 Å². The number of ketones is 1. The van der Waals surface area contributed by atoms with Crippen LogP contribution in [0.3, 0.4) is 0 Å². The summed E-state index contributed by atoms with van der Waals surface area (Å²) in [7, 11) is 0. The summed E-state index contributed by atoms with van der Waals surface area (Å²) in [5, 5.41) is 0. The van der Waals surface area contributed by atoms with Gasteiger partial charge in [-0.25, -0.2) is 0 Å². The van der Waals surface area contributed by atoms with Crippen molar-refractivity contribution in [2.45, 2.75) is 51.0 Å². The smallest absolute Gasteiger partial charge is 0.248 e. The molecule has 0 aromatic heterocycles. The van der Waals surface area contributed by atoms with E-state index in [4.69, 9.17) is 11.5 Å². The lowest BCUT2D eigenvalue weighted by molar-refractivity contribution is -0.123. The highest BCUT2D eigenvalue weighted by Crippen LogP contribution is 2.59. The number of aryl methyl sites for hydroxylation is 1. The lowest BCUT2D eigenvalue weighted by Crippen LogP contribution is -2.53. The molecular formula is C18H25ClN2O2. The third-order valence-electron chi connectivity index (χ3n) is 5.28. The Kier molecular flexibility index (Phi) is 5.48. The van der Waals surface area contributed by atoms with Gasteiger partial charge in [0.2, 0.25) is 5.91 Å². The normalized spacial score (nSPS) is 28.4. The second-order valence-electron chi connectivity index (χ2n) is 7.25. The Bertz CT molecular complexity index is 571. The molecule has 23 heavy (non-hydrogen) atoms. The molecule has 5 heteroatoms. The topological polar surface area (TPSA) is 86.2 Å². The van der Waals surface area contributed by atoms with Crippen LogP contribution >= 0.6 is 12.4 Å². The van der Waals surface area contributed by atoms with Crippen LogP contribution in [-0.4, -0.2) is 17.7 Å². The Morgan fingerprint density at radius 3 is 2.22 bits per heavy atom. The van der Waals surface area contributed by atoms with Crippen molar-refractivity contribution in [2.24, 2.45) is 22.8 Å². The van der Waals surface area contributed by atoms with Gasteiger partial charge in [0.25, 0.3) is 0 Å². The highest BCUT2D eigenvalue weighted by Gasteiger charge is 2.51. The lowest BCUT2D eigenvalue weighted by atomic mass is 9.49. The molecule has 1 spiro atoms. The minimum atomic E-state index is -0.419. The highest BCUT2D eigenvalue weighted by atomic mass is 35.5. The van der Waals surface area contributed by atoms with E-state index in [0.29, 0.717) is 35.1 Å². The van der Waals surface area contributed by atoms with Gasteiger partial charge in [-0.3, -0.25) is 9.59 Å². The summed E-state index contributed by atoms with van der Waals surface area (Å²) in [5.74, 6) is 0.511. The second kappa shape index (κ2) is 7.02. The number of Topliss-reactive ketones (excluding diaryl/α,β-unsaturated/α-hetero) is 1. The molecule has 0 heterocycles. The molecule has 1 amide bonds.